The Kier molecular flexibility index (Phi) is 3.85. The van der Waals surface area contributed by atoms with Crippen LogP contribution in [0.15, 0.2) is 52.3 Å². The molecule has 2 aromatic carbocycles. The van der Waals surface area contributed by atoms with Gasteiger partial charge in [0.25, 0.3) is 0 Å². The van der Waals surface area contributed by atoms with Crippen molar-refractivity contribution >= 4 is 37.4 Å². The van der Waals surface area contributed by atoms with E-state index in [9.17, 15) is 4.39 Å². The zero-order valence-corrected chi connectivity index (χ0v) is 12.8. The van der Waals surface area contributed by atoms with Crippen molar-refractivity contribution in [1.82, 2.24) is 5.43 Å². The van der Waals surface area contributed by atoms with Gasteiger partial charge in [0.1, 0.15) is 5.82 Å². The van der Waals surface area contributed by atoms with E-state index in [1.165, 1.54) is 6.07 Å². The van der Waals surface area contributed by atoms with Gasteiger partial charge in [-0.3, -0.25) is 5.84 Å². The topological polar surface area (TPSA) is 38.0 Å². The van der Waals surface area contributed by atoms with Gasteiger partial charge < -0.3 is 0 Å². The Hall–Kier alpha value is -1.27. The molecule has 0 saturated carbocycles. The Labute approximate surface area is 128 Å². The van der Waals surface area contributed by atoms with Gasteiger partial charge in [-0.15, -0.1) is 11.3 Å². The molecule has 0 spiro atoms. The number of fused-ring (bicyclic) bond motifs is 1. The quantitative estimate of drug-likeness (QED) is 0.544. The Morgan fingerprint density at radius 3 is 2.70 bits per heavy atom. The average Bonchev–Trinajstić information content (AvgIpc) is 2.91. The lowest BCUT2D eigenvalue weighted by atomic mass is 9.98. The molecule has 3 rings (SSSR count). The van der Waals surface area contributed by atoms with Crippen molar-refractivity contribution in [3.8, 4) is 0 Å². The van der Waals surface area contributed by atoms with E-state index in [1.54, 1.807) is 17.4 Å². The molecule has 3 N–H and O–H groups in total. The van der Waals surface area contributed by atoms with Crippen molar-refractivity contribution in [3.63, 3.8) is 0 Å². The summed E-state index contributed by atoms with van der Waals surface area (Å²) in [7, 11) is 0. The lowest BCUT2D eigenvalue weighted by Crippen LogP contribution is -2.29. The van der Waals surface area contributed by atoms with E-state index < -0.39 is 6.04 Å². The SMILES string of the molecule is NNC(c1c(F)cccc1Br)c1cccc2ccsc12. The van der Waals surface area contributed by atoms with Gasteiger partial charge in [-0.2, -0.15) is 0 Å². The standard InChI is InChI=1S/C15H12BrFN2S/c16-11-5-2-6-12(17)13(11)14(19-18)10-4-1-3-9-7-8-20-15(9)10/h1-8,14,19H,18H2. The molecule has 3 aromatic rings. The van der Waals surface area contributed by atoms with E-state index in [-0.39, 0.29) is 5.82 Å². The second kappa shape index (κ2) is 5.61. The van der Waals surface area contributed by atoms with Gasteiger partial charge in [0.2, 0.25) is 0 Å². The summed E-state index contributed by atoms with van der Waals surface area (Å²) in [4.78, 5) is 0. The molecule has 1 aromatic heterocycles. The third kappa shape index (κ3) is 2.27. The van der Waals surface area contributed by atoms with Crippen molar-refractivity contribution in [1.29, 1.82) is 0 Å². The van der Waals surface area contributed by atoms with Crippen molar-refractivity contribution in [3.05, 3.63) is 69.3 Å². The van der Waals surface area contributed by atoms with Crippen LogP contribution in [0.3, 0.4) is 0 Å². The molecule has 1 unspecified atom stereocenters. The molecular formula is C15H12BrFN2S. The number of halogens is 2. The highest BCUT2D eigenvalue weighted by Crippen LogP contribution is 2.35. The Bertz CT molecular complexity index is 736. The number of hydrogen-bond donors (Lipinski definition) is 2. The zero-order chi connectivity index (χ0) is 14.1. The first-order valence-electron chi connectivity index (χ1n) is 6.08. The van der Waals surface area contributed by atoms with E-state index in [0.29, 0.717) is 10.0 Å². The molecule has 0 amide bonds. The second-order valence-corrected chi connectivity index (χ2v) is 6.19. The van der Waals surface area contributed by atoms with Gasteiger partial charge in [-0.05, 0) is 34.5 Å². The average molecular weight is 351 g/mol. The van der Waals surface area contributed by atoms with Gasteiger partial charge >= 0.3 is 0 Å². The summed E-state index contributed by atoms with van der Waals surface area (Å²) >= 11 is 5.04. The molecule has 102 valence electrons. The van der Waals surface area contributed by atoms with Crippen LogP contribution in [0.25, 0.3) is 10.1 Å². The lowest BCUT2D eigenvalue weighted by Gasteiger charge is -2.19. The normalized spacial score (nSPS) is 12.8. The summed E-state index contributed by atoms with van der Waals surface area (Å²) in [5, 5.41) is 3.17. The Balaban J connectivity index is 2.22. The van der Waals surface area contributed by atoms with Crippen LogP contribution in [-0.2, 0) is 0 Å². The fraction of sp³-hybridized carbons (Fsp3) is 0.0667. The van der Waals surface area contributed by atoms with Crippen LogP contribution in [0.2, 0.25) is 0 Å². The molecule has 0 aliphatic rings. The summed E-state index contributed by atoms with van der Waals surface area (Å²) in [6.45, 7) is 0. The number of thiophene rings is 1. The fourth-order valence-corrected chi connectivity index (χ4v) is 3.87. The Morgan fingerprint density at radius 1 is 1.15 bits per heavy atom. The zero-order valence-electron chi connectivity index (χ0n) is 10.4. The second-order valence-electron chi connectivity index (χ2n) is 4.42. The van der Waals surface area contributed by atoms with Crippen LogP contribution in [0.1, 0.15) is 17.2 Å². The summed E-state index contributed by atoms with van der Waals surface area (Å²) in [5.74, 6) is 5.42. The maximum Gasteiger partial charge on any atom is 0.129 e. The maximum atomic E-state index is 14.2. The number of nitrogens with one attached hydrogen (secondary N) is 1. The molecule has 5 heteroatoms. The van der Waals surface area contributed by atoms with Crippen molar-refractivity contribution in [2.75, 3.05) is 0 Å². The molecule has 20 heavy (non-hydrogen) atoms. The van der Waals surface area contributed by atoms with Gasteiger partial charge in [0.05, 0.1) is 6.04 Å². The largest absolute Gasteiger partial charge is 0.271 e. The van der Waals surface area contributed by atoms with Crippen LogP contribution in [-0.4, -0.2) is 0 Å². The van der Waals surface area contributed by atoms with Gasteiger partial charge in [0.15, 0.2) is 0 Å². The molecule has 1 heterocycles. The van der Waals surface area contributed by atoms with Gasteiger partial charge in [0, 0.05) is 14.7 Å². The summed E-state index contributed by atoms with van der Waals surface area (Å²) in [6.07, 6.45) is 0. The summed E-state index contributed by atoms with van der Waals surface area (Å²) in [6, 6.07) is 12.6. The first-order valence-corrected chi connectivity index (χ1v) is 7.76. The van der Waals surface area contributed by atoms with Gasteiger partial charge in [-0.25, -0.2) is 9.82 Å². The van der Waals surface area contributed by atoms with E-state index in [4.69, 9.17) is 5.84 Å². The van der Waals surface area contributed by atoms with Crippen molar-refractivity contribution in [2.24, 2.45) is 5.84 Å². The highest BCUT2D eigenvalue weighted by molar-refractivity contribution is 9.10. The third-order valence-electron chi connectivity index (χ3n) is 3.28. The molecule has 0 aliphatic heterocycles. The maximum absolute atomic E-state index is 14.2. The van der Waals surface area contributed by atoms with E-state index >= 15 is 0 Å². The highest BCUT2D eigenvalue weighted by Gasteiger charge is 2.21. The van der Waals surface area contributed by atoms with Crippen molar-refractivity contribution in [2.45, 2.75) is 6.04 Å². The van der Waals surface area contributed by atoms with Crippen molar-refractivity contribution < 1.29 is 4.39 Å². The molecular weight excluding hydrogens is 339 g/mol. The molecule has 2 nitrogen and oxygen atoms in total. The molecule has 0 saturated heterocycles. The van der Waals surface area contributed by atoms with Crippen LogP contribution in [0, 0.1) is 5.82 Å². The monoisotopic (exact) mass is 350 g/mol. The summed E-state index contributed by atoms with van der Waals surface area (Å²) < 4.78 is 16.0. The predicted octanol–water partition coefficient (Wildman–Crippen LogP) is 4.36. The van der Waals surface area contributed by atoms with Crippen LogP contribution in [0.4, 0.5) is 4.39 Å². The predicted molar refractivity (Wildman–Crippen MR) is 85.1 cm³/mol. The number of hydrogen-bond acceptors (Lipinski definition) is 3. The smallest absolute Gasteiger partial charge is 0.129 e. The minimum atomic E-state index is -0.395. The molecule has 0 fully saturated rings. The molecule has 0 bridgehead atoms. The molecule has 0 aliphatic carbocycles. The van der Waals surface area contributed by atoms with Crippen LogP contribution >= 0.6 is 27.3 Å². The number of hydrazine groups is 1. The minimum absolute atomic E-state index is 0.282. The Morgan fingerprint density at radius 2 is 1.95 bits per heavy atom. The number of rotatable bonds is 3. The molecule has 1 atom stereocenters. The van der Waals surface area contributed by atoms with Crippen LogP contribution < -0.4 is 11.3 Å². The summed E-state index contributed by atoms with van der Waals surface area (Å²) in [5.41, 5.74) is 4.24. The number of benzene rings is 2. The van der Waals surface area contributed by atoms with Crippen LogP contribution in [0.5, 0.6) is 0 Å². The first-order chi connectivity index (χ1) is 9.72. The minimum Gasteiger partial charge on any atom is -0.271 e. The van der Waals surface area contributed by atoms with E-state index in [2.05, 4.69) is 21.4 Å². The number of nitrogens with two attached hydrogens (primary N) is 1. The first kappa shape index (κ1) is 13.7. The van der Waals surface area contributed by atoms with E-state index in [0.717, 1.165) is 15.6 Å². The third-order valence-corrected chi connectivity index (χ3v) is 4.95. The lowest BCUT2D eigenvalue weighted by molar-refractivity contribution is 0.560. The molecule has 0 radical (unpaired) electrons. The fourth-order valence-electron chi connectivity index (χ4n) is 2.36. The van der Waals surface area contributed by atoms with Gasteiger partial charge in [-0.1, -0.05) is 40.2 Å². The van der Waals surface area contributed by atoms with E-state index in [1.807, 2.05) is 35.7 Å². The highest BCUT2D eigenvalue weighted by atomic mass is 79.9.